The molecule has 3 rings (SSSR count). The van der Waals surface area contributed by atoms with Crippen LogP contribution in [0, 0.1) is 20.8 Å². The standard InChI is InChI=1S/C18H18N2O2S/c1-11-5-4-6-12(2)17(11)19-16(21)10-20-8-7-15-14(18(20)22)9-13(3)23-15/h4-9H,10H2,1-3H3,(H,19,21). The third-order valence-corrected chi connectivity index (χ3v) is 4.86. The highest BCUT2D eigenvalue weighted by molar-refractivity contribution is 7.18. The van der Waals surface area contributed by atoms with Crippen molar-refractivity contribution in [2.45, 2.75) is 27.3 Å². The summed E-state index contributed by atoms with van der Waals surface area (Å²) in [6.45, 7) is 5.89. The Labute approximate surface area is 138 Å². The smallest absolute Gasteiger partial charge is 0.259 e. The molecule has 1 amide bonds. The molecule has 0 aliphatic rings. The van der Waals surface area contributed by atoms with Crippen LogP contribution in [0.5, 0.6) is 0 Å². The van der Waals surface area contributed by atoms with Gasteiger partial charge < -0.3 is 9.88 Å². The fourth-order valence-corrected chi connectivity index (χ4v) is 3.58. The molecule has 0 fully saturated rings. The molecule has 0 unspecified atom stereocenters. The number of thiophene rings is 1. The van der Waals surface area contributed by atoms with Gasteiger partial charge in [0.2, 0.25) is 5.91 Å². The van der Waals surface area contributed by atoms with Gasteiger partial charge in [0.15, 0.2) is 0 Å². The SMILES string of the molecule is Cc1cc2c(=O)n(CC(=O)Nc3c(C)cccc3C)ccc2s1. The number of aromatic nitrogens is 1. The van der Waals surface area contributed by atoms with E-state index in [0.717, 1.165) is 26.4 Å². The molecule has 23 heavy (non-hydrogen) atoms. The topological polar surface area (TPSA) is 51.1 Å². The van der Waals surface area contributed by atoms with E-state index in [1.807, 2.05) is 51.1 Å². The highest BCUT2D eigenvalue weighted by atomic mass is 32.1. The highest BCUT2D eigenvalue weighted by Gasteiger charge is 2.11. The summed E-state index contributed by atoms with van der Waals surface area (Å²) in [5.74, 6) is -0.198. The van der Waals surface area contributed by atoms with Crippen molar-refractivity contribution in [3.8, 4) is 0 Å². The lowest BCUT2D eigenvalue weighted by molar-refractivity contribution is -0.116. The lowest BCUT2D eigenvalue weighted by Crippen LogP contribution is -2.27. The molecule has 3 aromatic rings. The number of anilines is 1. The van der Waals surface area contributed by atoms with Crippen molar-refractivity contribution in [2.75, 3.05) is 5.32 Å². The van der Waals surface area contributed by atoms with E-state index in [0.29, 0.717) is 5.39 Å². The fourth-order valence-electron chi connectivity index (χ4n) is 2.67. The Morgan fingerprint density at radius 3 is 2.57 bits per heavy atom. The quantitative estimate of drug-likeness (QED) is 0.799. The number of carbonyl (C=O) groups excluding carboxylic acids is 1. The number of nitrogens with zero attached hydrogens (tertiary/aromatic N) is 1. The van der Waals surface area contributed by atoms with Crippen molar-refractivity contribution >= 4 is 33.0 Å². The van der Waals surface area contributed by atoms with E-state index < -0.39 is 0 Å². The fraction of sp³-hybridized carbons (Fsp3) is 0.222. The Morgan fingerprint density at radius 1 is 1.17 bits per heavy atom. The van der Waals surface area contributed by atoms with E-state index in [-0.39, 0.29) is 18.0 Å². The molecule has 0 atom stereocenters. The minimum absolute atomic E-state index is 0.0114. The van der Waals surface area contributed by atoms with E-state index in [9.17, 15) is 9.59 Å². The zero-order chi connectivity index (χ0) is 16.6. The maximum Gasteiger partial charge on any atom is 0.259 e. The van der Waals surface area contributed by atoms with Crippen LogP contribution in [0.1, 0.15) is 16.0 Å². The summed E-state index contributed by atoms with van der Waals surface area (Å²) in [5, 5.41) is 3.59. The van der Waals surface area contributed by atoms with Crippen LogP contribution in [-0.4, -0.2) is 10.5 Å². The zero-order valence-electron chi connectivity index (χ0n) is 13.3. The van der Waals surface area contributed by atoms with Crippen LogP contribution in [-0.2, 0) is 11.3 Å². The molecule has 4 nitrogen and oxygen atoms in total. The average molecular weight is 326 g/mol. The molecule has 0 saturated carbocycles. The van der Waals surface area contributed by atoms with Crippen LogP contribution in [0.2, 0.25) is 0 Å². The molecule has 1 N–H and O–H groups in total. The monoisotopic (exact) mass is 326 g/mol. The minimum Gasteiger partial charge on any atom is -0.324 e. The third-order valence-electron chi connectivity index (χ3n) is 3.84. The number of aryl methyl sites for hydroxylation is 3. The molecule has 5 heteroatoms. The Balaban J connectivity index is 1.86. The maximum atomic E-state index is 12.5. The Morgan fingerprint density at radius 2 is 1.87 bits per heavy atom. The summed E-state index contributed by atoms with van der Waals surface area (Å²) in [6.07, 6.45) is 1.69. The van der Waals surface area contributed by atoms with Gasteiger partial charge in [-0.2, -0.15) is 0 Å². The van der Waals surface area contributed by atoms with Gasteiger partial charge in [0, 0.05) is 21.5 Å². The normalized spacial score (nSPS) is 10.9. The van der Waals surface area contributed by atoms with Gasteiger partial charge in [-0.1, -0.05) is 18.2 Å². The Kier molecular flexibility index (Phi) is 4.05. The predicted molar refractivity (Wildman–Crippen MR) is 95.4 cm³/mol. The van der Waals surface area contributed by atoms with Crippen LogP contribution in [0.15, 0.2) is 41.3 Å². The van der Waals surface area contributed by atoms with Gasteiger partial charge >= 0.3 is 0 Å². The number of hydrogen-bond acceptors (Lipinski definition) is 3. The van der Waals surface area contributed by atoms with Gasteiger partial charge in [-0.3, -0.25) is 9.59 Å². The van der Waals surface area contributed by atoms with Gasteiger partial charge in [0.25, 0.3) is 5.56 Å². The van der Waals surface area contributed by atoms with Gasteiger partial charge in [-0.15, -0.1) is 11.3 Å². The number of carbonyl (C=O) groups is 1. The number of para-hydroxylation sites is 1. The van der Waals surface area contributed by atoms with Gasteiger partial charge in [0.05, 0.1) is 5.39 Å². The summed E-state index contributed by atoms with van der Waals surface area (Å²) in [4.78, 5) is 25.9. The second-order valence-electron chi connectivity index (χ2n) is 5.70. The van der Waals surface area contributed by atoms with E-state index in [4.69, 9.17) is 0 Å². The molecule has 0 bridgehead atoms. The van der Waals surface area contributed by atoms with Crippen molar-refractivity contribution in [2.24, 2.45) is 0 Å². The van der Waals surface area contributed by atoms with Crippen molar-refractivity contribution < 1.29 is 4.79 Å². The highest BCUT2D eigenvalue weighted by Crippen LogP contribution is 2.22. The van der Waals surface area contributed by atoms with Crippen LogP contribution in [0.25, 0.3) is 10.1 Å². The van der Waals surface area contributed by atoms with Crippen molar-refractivity contribution in [1.29, 1.82) is 0 Å². The summed E-state index contributed by atoms with van der Waals surface area (Å²) in [6, 6.07) is 9.63. The van der Waals surface area contributed by atoms with E-state index in [2.05, 4.69) is 5.32 Å². The van der Waals surface area contributed by atoms with Crippen LogP contribution in [0.4, 0.5) is 5.69 Å². The number of pyridine rings is 1. The minimum atomic E-state index is -0.198. The number of amides is 1. The van der Waals surface area contributed by atoms with Crippen LogP contribution in [0.3, 0.4) is 0 Å². The molecule has 2 aromatic heterocycles. The lowest BCUT2D eigenvalue weighted by atomic mass is 10.1. The number of fused-ring (bicyclic) bond motifs is 1. The molecule has 0 spiro atoms. The van der Waals surface area contributed by atoms with Crippen molar-refractivity contribution in [1.82, 2.24) is 4.57 Å². The number of nitrogens with one attached hydrogen (secondary N) is 1. The predicted octanol–water partition coefficient (Wildman–Crippen LogP) is 3.63. The number of benzene rings is 1. The van der Waals surface area contributed by atoms with Crippen LogP contribution >= 0.6 is 11.3 Å². The molecule has 118 valence electrons. The molecule has 0 saturated heterocycles. The first-order valence-electron chi connectivity index (χ1n) is 7.41. The van der Waals surface area contributed by atoms with Crippen LogP contribution < -0.4 is 10.9 Å². The second-order valence-corrected chi connectivity index (χ2v) is 6.99. The first-order valence-corrected chi connectivity index (χ1v) is 8.23. The molecule has 1 aromatic carbocycles. The van der Waals surface area contributed by atoms with Gasteiger partial charge in [-0.05, 0) is 44.0 Å². The molecule has 0 aliphatic heterocycles. The maximum absolute atomic E-state index is 12.5. The first-order chi connectivity index (χ1) is 11.0. The largest absolute Gasteiger partial charge is 0.324 e. The second kappa shape index (κ2) is 6.01. The Hall–Kier alpha value is -2.40. The molecular formula is C18H18N2O2S. The molecular weight excluding hydrogens is 308 g/mol. The van der Waals surface area contributed by atoms with Gasteiger partial charge in [-0.25, -0.2) is 0 Å². The van der Waals surface area contributed by atoms with Gasteiger partial charge in [0.1, 0.15) is 6.54 Å². The van der Waals surface area contributed by atoms with Crippen molar-refractivity contribution in [3.05, 3.63) is 62.9 Å². The third kappa shape index (κ3) is 3.05. The first kappa shape index (κ1) is 15.5. The van der Waals surface area contributed by atoms with Crippen molar-refractivity contribution in [3.63, 3.8) is 0 Å². The zero-order valence-corrected chi connectivity index (χ0v) is 14.2. The number of hydrogen-bond donors (Lipinski definition) is 1. The van der Waals surface area contributed by atoms with E-state index in [1.165, 1.54) is 4.57 Å². The molecule has 0 aliphatic carbocycles. The Bertz CT molecular complexity index is 933. The molecule has 0 radical (unpaired) electrons. The summed E-state index contributed by atoms with van der Waals surface area (Å²) >= 11 is 1.59. The summed E-state index contributed by atoms with van der Waals surface area (Å²) in [7, 11) is 0. The van der Waals surface area contributed by atoms with E-state index in [1.54, 1.807) is 17.5 Å². The number of rotatable bonds is 3. The summed E-state index contributed by atoms with van der Waals surface area (Å²) in [5.41, 5.74) is 2.71. The van der Waals surface area contributed by atoms with E-state index >= 15 is 0 Å². The summed E-state index contributed by atoms with van der Waals surface area (Å²) < 4.78 is 2.41. The lowest BCUT2D eigenvalue weighted by Gasteiger charge is -2.12. The average Bonchev–Trinajstić information content (AvgIpc) is 2.88. The molecule has 2 heterocycles.